The molecule has 1 saturated heterocycles. The highest BCUT2D eigenvalue weighted by Crippen LogP contribution is 2.46. The molecule has 3 fully saturated rings. The molecule has 5 rings (SSSR count). The Hall–Kier alpha value is -1.88. The van der Waals surface area contributed by atoms with E-state index in [1.54, 1.807) is 18.2 Å². The van der Waals surface area contributed by atoms with Crippen LogP contribution in [0.15, 0.2) is 23.0 Å². The molecule has 2 heterocycles. The summed E-state index contributed by atoms with van der Waals surface area (Å²) in [5.74, 6) is 0.261. The molecule has 2 aliphatic carbocycles. The topological polar surface area (TPSA) is 51.3 Å². The lowest BCUT2D eigenvalue weighted by atomic mass is 9.97. The fourth-order valence-corrected chi connectivity index (χ4v) is 4.65. The lowest BCUT2D eigenvalue weighted by molar-refractivity contribution is 0.442. The van der Waals surface area contributed by atoms with Crippen LogP contribution in [0.4, 0.5) is 10.1 Å². The number of hydrogen-bond acceptors (Lipinski definition) is 3. The average Bonchev–Trinajstić information content (AvgIpc) is 3.49. The molecule has 2 aromatic rings. The summed E-state index contributed by atoms with van der Waals surface area (Å²) in [6.45, 7) is 3.62. The zero-order valence-corrected chi connectivity index (χ0v) is 14.6. The van der Waals surface area contributed by atoms with Crippen molar-refractivity contribution in [1.82, 2.24) is 4.57 Å². The van der Waals surface area contributed by atoms with Gasteiger partial charge in [0.25, 0.3) is 5.56 Å². The fourth-order valence-electron chi connectivity index (χ4n) is 4.65. The molecule has 4 nitrogen and oxygen atoms in total. The molecule has 2 N–H and O–H groups in total. The maximum absolute atomic E-state index is 15.0. The lowest BCUT2D eigenvalue weighted by Gasteiger charge is -2.25. The fraction of sp³-hybridized carbons (Fsp3) is 0.550. The van der Waals surface area contributed by atoms with E-state index >= 15 is 0 Å². The maximum atomic E-state index is 15.0. The van der Waals surface area contributed by atoms with E-state index in [2.05, 4.69) is 4.90 Å². The van der Waals surface area contributed by atoms with Crippen LogP contribution in [0.5, 0.6) is 0 Å². The molecular formula is C20H24FN3O. The minimum atomic E-state index is -0.187. The van der Waals surface area contributed by atoms with E-state index in [9.17, 15) is 9.18 Å². The number of anilines is 1. The first-order valence-corrected chi connectivity index (χ1v) is 9.36. The quantitative estimate of drug-likeness (QED) is 0.933. The minimum Gasteiger partial charge on any atom is -0.369 e. The van der Waals surface area contributed by atoms with Crippen molar-refractivity contribution in [2.75, 3.05) is 18.0 Å². The van der Waals surface area contributed by atoms with E-state index in [0.717, 1.165) is 61.7 Å². The molecular weight excluding hydrogens is 317 g/mol. The Morgan fingerprint density at radius 3 is 2.68 bits per heavy atom. The largest absolute Gasteiger partial charge is 0.369 e. The minimum absolute atomic E-state index is 0.0217. The smallest absolute Gasteiger partial charge is 0.251 e. The first kappa shape index (κ1) is 15.4. The molecule has 1 aliphatic heterocycles. The summed E-state index contributed by atoms with van der Waals surface area (Å²) in [6, 6.07) is 5.19. The van der Waals surface area contributed by atoms with E-state index in [-0.39, 0.29) is 23.0 Å². The Labute approximate surface area is 146 Å². The molecule has 1 aromatic carbocycles. The Morgan fingerprint density at radius 1 is 1.24 bits per heavy atom. The summed E-state index contributed by atoms with van der Waals surface area (Å²) in [4.78, 5) is 14.6. The second-order valence-corrected chi connectivity index (χ2v) is 8.21. The molecule has 3 aliphatic rings. The van der Waals surface area contributed by atoms with Gasteiger partial charge in [-0.3, -0.25) is 4.79 Å². The van der Waals surface area contributed by atoms with Gasteiger partial charge >= 0.3 is 0 Å². The molecule has 0 bridgehead atoms. The third-order valence-corrected chi connectivity index (χ3v) is 6.43. The van der Waals surface area contributed by atoms with Gasteiger partial charge in [0, 0.05) is 36.1 Å². The van der Waals surface area contributed by atoms with Crippen LogP contribution in [0.3, 0.4) is 0 Å². The molecule has 0 radical (unpaired) electrons. The molecule has 25 heavy (non-hydrogen) atoms. The number of hydrogen-bond donors (Lipinski definition) is 1. The summed E-state index contributed by atoms with van der Waals surface area (Å²) in [5.41, 5.74) is 8.85. The molecule has 0 spiro atoms. The summed E-state index contributed by atoms with van der Waals surface area (Å²) in [5, 5.41) is 0.818. The Kier molecular flexibility index (Phi) is 3.12. The van der Waals surface area contributed by atoms with Crippen molar-refractivity contribution >= 4 is 16.6 Å². The van der Waals surface area contributed by atoms with Crippen LogP contribution >= 0.6 is 0 Å². The molecule has 1 aromatic heterocycles. The monoisotopic (exact) mass is 341 g/mol. The molecule has 1 atom stereocenters. The van der Waals surface area contributed by atoms with Crippen molar-refractivity contribution in [3.05, 3.63) is 39.9 Å². The number of benzene rings is 1. The second kappa shape index (κ2) is 5.07. The Balaban J connectivity index is 1.63. The average molecular weight is 341 g/mol. The predicted molar refractivity (Wildman–Crippen MR) is 97.6 cm³/mol. The van der Waals surface area contributed by atoms with Crippen LogP contribution in [0, 0.1) is 18.7 Å². The first-order chi connectivity index (χ1) is 12.0. The maximum Gasteiger partial charge on any atom is 0.251 e. The number of fused-ring (bicyclic) bond motifs is 1. The highest BCUT2D eigenvalue weighted by atomic mass is 19.1. The van der Waals surface area contributed by atoms with Gasteiger partial charge in [-0.05, 0) is 62.6 Å². The standard InChI is InChI=1S/C20H24FN3O/c1-12-18-13(2-5-17(25)24(18)15-3-4-15)10-16(21)19(12)23-9-6-14(11-23)20(22)7-8-20/h2,5,10,14-15H,3-4,6-9,11,22H2,1H3. The zero-order chi connectivity index (χ0) is 17.3. The number of rotatable bonds is 3. The molecule has 1 unspecified atom stereocenters. The van der Waals surface area contributed by atoms with E-state index in [1.807, 2.05) is 11.5 Å². The number of nitrogens with two attached hydrogens (primary N) is 1. The van der Waals surface area contributed by atoms with Crippen LogP contribution in [0.1, 0.15) is 43.7 Å². The number of halogens is 1. The lowest BCUT2D eigenvalue weighted by Crippen LogP contribution is -2.35. The van der Waals surface area contributed by atoms with Crippen LogP contribution in [-0.4, -0.2) is 23.2 Å². The van der Waals surface area contributed by atoms with E-state index in [0.29, 0.717) is 11.6 Å². The summed E-state index contributed by atoms with van der Waals surface area (Å²) < 4.78 is 16.8. The van der Waals surface area contributed by atoms with Crippen molar-refractivity contribution in [2.24, 2.45) is 11.7 Å². The van der Waals surface area contributed by atoms with Gasteiger partial charge in [0.05, 0.1) is 11.2 Å². The number of aromatic nitrogens is 1. The van der Waals surface area contributed by atoms with Crippen molar-refractivity contribution in [1.29, 1.82) is 0 Å². The van der Waals surface area contributed by atoms with Gasteiger partial charge in [-0.1, -0.05) is 0 Å². The zero-order valence-electron chi connectivity index (χ0n) is 14.6. The highest BCUT2D eigenvalue weighted by molar-refractivity contribution is 5.88. The van der Waals surface area contributed by atoms with Gasteiger partial charge in [-0.2, -0.15) is 0 Å². The van der Waals surface area contributed by atoms with Gasteiger partial charge in [0.15, 0.2) is 0 Å². The Bertz CT molecular complexity index is 927. The first-order valence-electron chi connectivity index (χ1n) is 9.36. The van der Waals surface area contributed by atoms with Crippen molar-refractivity contribution in [3.63, 3.8) is 0 Å². The van der Waals surface area contributed by atoms with Crippen molar-refractivity contribution in [3.8, 4) is 0 Å². The van der Waals surface area contributed by atoms with Crippen LogP contribution in [0.25, 0.3) is 10.9 Å². The number of nitrogens with zero attached hydrogens (tertiary/aromatic N) is 2. The van der Waals surface area contributed by atoms with Gasteiger partial charge in [-0.25, -0.2) is 4.39 Å². The SMILES string of the molecule is Cc1c(N2CCC(C3(N)CC3)C2)c(F)cc2ccc(=O)n(C3CC3)c12. The van der Waals surface area contributed by atoms with Crippen molar-refractivity contribution in [2.45, 2.75) is 50.6 Å². The van der Waals surface area contributed by atoms with E-state index in [4.69, 9.17) is 5.73 Å². The van der Waals surface area contributed by atoms with Crippen molar-refractivity contribution < 1.29 is 4.39 Å². The predicted octanol–water partition coefficient (Wildman–Crippen LogP) is 3.10. The van der Waals surface area contributed by atoms with Crippen LogP contribution in [0.2, 0.25) is 0 Å². The molecule has 132 valence electrons. The highest BCUT2D eigenvalue weighted by Gasteiger charge is 2.48. The third kappa shape index (κ3) is 2.32. The normalized spacial score (nSPS) is 24.9. The molecule has 2 saturated carbocycles. The second-order valence-electron chi connectivity index (χ2n) is 8.21. The van der Waals surface area contributed by atoms with E-state index < -0.39 is 0 Å². The van der Waals surface area contributed by atoms with Gasteiger partial charge < -0.3 is 15.2 Å². The van der Waals surface area contributed by atoms with Gasteiger partial charge in [-0.15, -0.1) is 0 Å². The number of aryl methyl sites for hydroxylation is 1. The molecule has 5 heteroatoms. The Morgan fingerprint density at radius 2 is 2.00 bits per heavy atom. The summed E-state index contributed by atoms with van der Waals surface area (Å²) in [7, 11) is 0. The van der Waals surface area contributed by atoms with Crippen LogP contribution in [-0.2, 0) is 0 Å². The molecule has 0 amide bonds. The third-order valence-electron chi connectivity index (χ3n) is 6.43. The van der Waals surface area contributed by atoms with Gasteiger partial charge in [0.1, 0.15) is 5.82 Å². The summed E-state index contributed by atoms with van der Waals surface area (Å²) >= 11 is 0. The number of pyridine rings is 1. The van der Waals surface area contributed by atoms with E-state index in [1.165, 1.54) is 0 Å². The van der Waals surface area contributed by atoms with Gasteiger partial charge in [0.2, 0.25) is 0 Å². The van der Waals surface area contributed by atoms with Crippen LogP contribution < -0.4 is 16.2 Å². The summed E-state index contributed by atoms with van der Waals surface area (Å²) in [6.07, 6.45) is 5.27.